The average molecular weight is 451 g/mol. The summed E-state index contributed by atoms with van der Waals surface area (Å²) in [4.78, 5) is 4.06. The van der Waals surface area contributed by atoms with E-state index in [-0.39, 0.29) is 16.1 Å². The van der Waals surface area contributed by atoms with Crippen LogP contribution in [0, 0.1) is 0 Å². The van der Waals surface area contributed by atoms with Crippen molar-refractivity contribution in [3.05, 3.63) is 60.3 Å². The minimum absolute atomic E-state index is 0.0366. The Morgan fingerprint density at radius 1 is 1.16 bits per heavy atom. The molecule has 0 unspecified atom stereocenters. The molecule has 2 aromatic carbocycles. The van der Waals surface area contributed by atoms with E-state index >= 15 is 0 Å². The van der Waals surface area contributed by atoms with Gasteiger partial charge in [-0.1, -0.05) is 18.2 Å². The van der Waals surface area contributed by atoms with Gasteiger partial charge in [-0.15, -0.1) is 0 Å². The fourth-order valence-corrected chi connectivity index (χ4v) is 4.78. The van der Waals surface area contributed by atoms with Crippen LogP contribution in [-0.4, -0.2) is 32.1 Å². The first-order chi connectivity index (χ1) is 14.6. The highest BCUT2D eigenvalue weighted by molar-refractivity contribution is 7.93. The van der Waals surface area contributed by atoms with Crippen molar-refractivity contribution in [2.45, 2.75) is 30.0 Å². The van der Waals surface area contributed by atoms with Crippen molar-refractivity contribution in [3.63, 3.8) is 0 Å². The Morgan fingerprint density at radius 2 is 1.94 bits per heavy atom. The highest BCUT2D eigenvalue weighted by Crippen LogP contribution is 2.40. The van der Waals surface area contributed by atoms with E-state index in [0.29, 0.717) is 24.9 Å². The number of benzene rings is 2. The summed E-state index contributed by atoms with van der Waals surface area (Å²) < 4.78 is 74.6. The van der Waals surface area contributed by atoms with Crippen molar-refractivity contribution in [2.24, 2.45) is 0 Å². The SMILES string of the molecule is C[C@@]1(Oc2cc(NS(=O)(=O)c3cccc4cccnc34)ccc2C(F)(F)F)CCNC1. The van der Waals surface area contributed by atoms with Gasteiger partial charge in [0.05, 0.1) is 16.8 Å². The van der Waals surface area contributed by atoms with Crippen molar-refractivity contribution in [2.75, 3.05) is 17.8 Å². The number of sulfonamides is 1. The van der Waals surface area contributed by atoms with Crippen molar-refractivity contribution in [1.82, 2.24) is 10.3 Å². The molecule has 2 N–H and O–H groups in total. The lowest BCUT2D eigenvalue weighted by atomic mass is 10.1. The lowest BCUT2D eigenvalue weighted by Crippen LogP contribution is -2.35. The predicted molar refractivity (Wildman–Crippen MR) is 111 cm³/mol. The second-order valence-electron chi connectivity index (χ2n) is 7.62. The van der Waals surface area contributed by atoms with Crippen molar-refractivity contribution in [1.29, 1.82) is 0 Å². The Balaban J connectivity index is 1.72. The van der Waals surface area contributed by atoms with E-state index in [1.54, 1.807) is 31.2 Å². The summed E-state index contributed by atoms with van der Waals surface area (Å²) in [5.41, 5.74) is -1.55. The van der Waals surface area contributed by atoms with E-state index in [1.165, 1.54) is 12.3 Å². The summed E-state index contributed by atoms with van der Waals surface area (Å²) >= 11 is 0. The molecule has 0 saturated carbocycles. The molecule has 2 heterocycles. The Bertz CT molecular complexity index is 1220. The number of halogens is 3. The molecule has 31 heavy (non-hydrogen) atoms. The average Bonchev–Trinajstić information content (AvgIpc) is 3.12. The Hall–Kier alpha value is -2.85. The molecule has 4 rings (SSSR count). The quantitative estimate of drug-likeness (QED) is 0.608. The zero-order chi connectivity index (χ0) is 22.3. The van der Waals surface area contributed by atoms with Gasteiger partial charge in [0.15, 0.2) is 0 Å². The fourth-order valence-electron chi connectivity index (χ4n) is 3.55. The van der Waals surface area contributed by atoms with Crippen LogP contribution < -0.4 is 14.8 Å². The number of nitrogens with one attached hydrogen (secondary N) is 2. The summed E-state index contributed by atoms with van der Waals surface area (Å²) in [5.74, 6) is -0.421. The first-order valence-corrected chi connectivity index (χ1v) is 11.0. The highest BCUT2D eigenvalue weighted by atomic mass is 32.2. The van der Waals surface area contributed by atoms with Crippen molar-refractivity contribution >= 4 is 26.6 Å². The summed E-state index contributed by atoms with van der Waals surface area (Å²) in [6.45, 7) is 2.73. The maximum Gasteiger partial charge on any atom is 0.419 e. The van der Waals surface area contributed by atoms with Gasteiger partial charge in [0.2, 0.25) is 0 Å². The molecule has 1 aromatic heterocycles. The van der Waals surface area contributed by atoms with Crippen LogP contribution in [0.2, 0.25) is 0 Å². The molecule has 1 aliphatic heterocycles. The molecule has 6 nitrogen and oxygen atoms in total. The van der Waals surface area contributed by atoms with Crippen LogP contribution in [0.3, 0.4) is 0 Å². The second-order valence-corrected chi connectivity index (χ2v) is 9.28. The van der Waals surface area contributed by atoms with Gasteiger partial charge in [-0.05, 0) is 37.7 Å². The van der Waals surface area contributed by atoms with E-state index in [2.05, 4.69) is 15.0 Å². The standard InChI is InChI=1S/C21H20F3N3O3S/c1-20(9-11-25-13-20)30-17-12-15(7-8-16(17)21(22,23)24)27-31(28,29)18-6-2-4-14-5-3-10-26-19(14)18/h2-8,10,12,25,27H,9,11,13H2,1H3/t20-/m1/s1. The van der Waals surface area contributed by atoms with Crippen LogP contribution in [0.4, 0.5) is 18.9 Å². The van der Waals surface area contributed by atoms with E-state index in [9.17, 15) is 21.6 Å². The third-order valence-electron chi connectivity index (χ3n) is 5.11. The van der Waals surface area contributed by atoms with Gasteiger partial charge in [-0.25, -0.2) is 8.42 Å². The molecule has 0 amide bonds. The van der Waals surface area contributed by atoms with E-state index < -0.39 is 33.1 Å². The third-order valence-corrected chi connectivity index (χ3v) is 6.52. The molecular formula is C21H20F3N3O3S. The molecule has 0 radical (unpaired) electrons. The summed E-state index contributed by atoms with van der Waals surface area (Å²) in [7, 11) is -4.11. The number of hydrogen-bond acceptors (Lipinski definition) is 5. The molecule has 164 valence electrons. The largest absolute Gasteiger partial charge is 0.485 e. The van der Waals surface area contributed by atoms with Gasteiger partial charge in [0.25, 0.3) is 10.0 Å². The van der Waals surface area contributed by atoms with Gasteiger partial charge in [-0.3, -0.25) is 9.71 Å². The smallest absolute Gasteiger partial charge is 0.419 e. The van der Waals surface area contributed by atoms with E-state index in [1.807, 2.05) is 0 Å². The van der Waals surface area contributed by atoms with E-state index in [0.717, 1.165) is 18.2 Å². The van der Waals surface area contributed by atoms with Gasteiger partial charge >= 0.3 is 6.18 Å². The molecule has 0 spiro atoms. The van der Waals surface area contributed by atoms with Gasteiger partial charge in [-0.2, -0.15) is 13.2 Å². The Kier molecular flexibility index (Phi) is 5.30. The minimum Gasteiger partial charge on any atom is -0.485 e. The monoisotopic (exact) mass is 451 g/mol. The summed E-state index contributed by atoms with van der Waals surface area (Å²) in [6.07, 6.45) is -2.64. The van der Waals surface area contributed by atoms with Crippen LogP contribution in [0.25, 0.3) is 10.9 Å². The minimum atomic E-state index is -4.64. The number of aromatic nitrogens is 1. The third kappa shape index (κ3) is 4.45. The first-order valence-electron chi connectivity index (χ1n) is 9.55. The van der Waals surface area contributed by atoms with Crippen LogP contribution in [0.1, 0.15) is 18.9 Å². The van der Waals surface area contributed by atoms with Crippen LogP contribution in [0.15, 0.2) is 59.6 Å². The number of alkyl halides is 3. The van der Waals surface area contributed by atoms with Gasteiger partial charge in [0.1, 0.15) is 16.2 Å². The number of hydrogen-bond donors (Lipinski definition) is 2. The number of pyridine rings is 1. The van der Waals surface area contributed by atoms with Gasteiger partial charge in [0, 0.05) is 30.6 Å². The number of nitrogens with zero attached hydrogens (tertiary/aromatic N) is 1. The van der Waals surface area contributed by atoms with Crippen LogP contribution >= 0.6 is 0 Å². The number of para-hydroxylation sites is 1. The zero-order valence-electron chi connectivity index (χ0n) is 16.5. The molecule has 1 fully saturated rings. The lowest BCUT2D eigenvalue weighted by molar-refractivity contribution is -0.139. The van der Waals surface area contributed by atoms with Crippen LogP contribution in [0.5, 0.6) is 5.75 Å². The Labute approximate surface area is 177 Å². The van der Waals surface area contributed by atoms with Gasteiger partial charge < -0.3 is 10.1 Å². The maximum atomic E-state index is 13.5. The number of ether oxygens (including phenoxy) is 1. The molecule has 1 aliphatic rings. The molecule has 10 heteroatoms. The van der Waals surface area contributed by atoms with Crippen molar-refractivity contribution < 1.29 is 26.3 Å². The zero-order valence-corrected chi connectivity index (χ0v) is 17.3. The van der Waals surface area contributed by atoms with E-state index in [4.69, 9.17) is 4.74 Å². The highest BCUT2D eigenvalue weighted by Gasteiger charge is 2.38. The normalized spacial score (nSPS) is 19.5. The lowest BCUT2D eigenvalue weighted by Gasteiger charge is -2.27. The molecule has 0 bridgehead atoms. The Morgan fingerprint density at radius 3 is 2.65 bits per heavy atom. The predicted octanol–water partition coefficient (Wildman–Crippen LogP) is 4.19. The summed E-state index contributed by atoms with van der Waals surface area (Å²) in [6, 6.07) is 11.1. The number of fused-ring (bicyclic) bond motifs is 1. The van der Waals surface area contributed by atoms with Crippen LogP contribution in [-0.2, 0) is 16.2 Å². The molecular weight excluding hydrogens is 431 g/mol. The first kappa shape index (κ1) is 21.4. The molecule has 1 saturated heterocycles. The number of rotatable bonds is 5. The second kappa shape index (κ2) is 7.69. The number of anilines is 1. The maximum absolute atomic E-state index is 13.5. The summed E-state index contributed by atoms with van der Waals surface area (Å²) in [5, 5.41) is 3.69. The molecule has 3 aromatic rings. The fraction of sp³-hybridized carbons (Fsp3) is 0.286. The molecule has 0 aliphatic carbocycles. The topological polar surface area (TPSA) is 80.3 Å². The van der Waals surface area contributed by atoms with Crippen molar-refractivity contribution in [3.8, 4) is 5.75 Å². The molecule has 1 atom stereocenters.